The van der Waals surface area contributed by atoms with Gasteiger partial charge >= 0.3 is 5.97 Å². The van der Waals surface area contributed by atoms with Gasteiger partial charge in [-0.05, 0) is 48.1 Å². The number of aliphatic hydroxyl groups is 1. The highest BCUT2D eigenvalue weighted by atomic mass is 16.5. The second kappa shape index (κ2) is 12.3. The first-order chi connectivity index (χ1) is 23.2. The number of para-hydroxylation sites is 1. The zero-order chi connectivity index (χ0) is 33.9. The molecule has 3 aliphatic heterocycles. The van der Waals surface area contributed by atoms with Crippen LogP contribution in [0, 0.1) is 11.8 Å². The average Bonchev–Trinajstić information content (AvgIpc) is 3.47. The number of aromatic nitrogens is 1. The number of piperidine rings is 1. The van der Waals surface area contributed by atoms with E-state index >= 15 is 0 Å². The molecule has 252 valence electrons. The maximum Gasteiger partial charge on any atom is 0.337 e. The van der Waals surface area contributed by atoms with Gasteiger partial charge in [-0.1, -0.05) is 37.6 Å². The van der Waals surface area contributed by atoms with Gasteiger partial charge in [0, 0.05) is 53.2 Å². The van der Waals surface area contributed by atoms with Gasteiger partial charge in [0.05, 0.1) is 43.8 Å². The number of H-pyrrole nitrogens is 1. The van der Waals surface area contributed by atoms with Crippen LogP contribution in [0.4, 0.5) is 0 Å². The first kappa shape index (κ1) is 31.7. The zero-order valence-electron chi connectivity index (χ0n) is 27.0. The fourth-order valence-electron chi connectivity index (χ4n) is 8.42. The standard InChI is InChI=1S/C37H40N2O9/c1-4-19-22(24(17-46-2)37(45)47-3)14-26-33-21(20-7-5-6-8-25(20)38-33)11-12-39(26)34(19)32-30(43)16-28(41)23-15-31(44)35(48-36(23)32)18-9-10-27(40)29(42)13-18/h5-10,13,16-17,19,22,26,31,34-35,38,40-44H,4,11-12,14-15H2,1-3H3. The van der Waals surface area contributed by atoms with Gasteiger partial charge in [-0.2, -0.15) is 0 Å². The molecule has 0 spiro atoms. The van der Waals surface area contributed by atoms with E-state index in [1.165, 1.54) is 44.2 Å². The van der Waals surface area contributed by atoms with E-state index in [0.717, 1.165) is 23.0 Å². The van der Waals surface area contributed by atoms with Crippen LogP contribution in [0.25, 0.3) is 10.9 Å². The SMILES string of the molecule is CCC1C(C(=COC)C(=O)OC)CC2c3[nH]c4ccccc4c3CCN2C1c1c(O)cc(O)c2c1OC(c1ccc(O)c(O)c1)C(O)C2. The van der Waals surface area contributed by atoms with Gasteiger partial charge < -0.3 is 44.7 Å². The number of aliphatic hydroxyl groups excluding tert-OH is 1. The summed E-state index contributed by atoms with van der Waals surface area (Å²) in [6, 6.07) is 13.0. The van der Waals surface area contributed by atoms with Gasteiger partial charge in [-0.25, -0.2) is 4.79 Å². The number of rotatable bonds is 6. The van der Waals surface area contributed by atoms with Crippen molar-refractivity contribution in [2.24, 2.45) is 11.8 Å². The highest BCUT2D eigenvalue weighted by Gasteiger charge is 2.51. The Balaban J connectivity index is 1.43. The number of benzene rings is 3. The van der Waals surface area contributed by atoms with Crippen molar-refractivity contribution in [3.63, 3.8) is 0 Å². The first-order valence-corrected chi connectivity index (χ1v) is 16.3. The van der Waals surface area contributed by atoms with E-state index in [-0.39, 0.29) is 53.0 Å². The Kier molecular flexibility index (Phi) is 8.13. The predicted molar refractivity (Wildman–Crippen MR) is 176 cm³/mol. The minimum absolute atomic E-state index is 0.0142. The summed E-state index contributed by atoms with van der Waals surface area (Å²) in [5.74, 6) is -1.89. The zero-order valence-corrected chi connectivity index (χ0v) is 27.0. The molecule has 6 atom stereocenters. The minimum Gasteiger partial charge on any atom is -0.507 e. The van der Waals surface area contributed by atoms with E-state index < -0.39 is 24.2 Å². The smallest absolute Gasteiger partial charge is 0.337 e. The number of nitrogens with zero attached hydrogens (tertiary/aromatic N) is 1. The third kappa shape index (κ3) is 5.00. The van der Waals surface area contributed by atoms with Crippen molar-refractivity contribution < 1.29 is 44.5 Å². The number of phenolic OH excluding ortho intramolecular Hbond substituents is 4. The lowest BCUT2D eigenvalue weighted by molar-refractivity contribution is -0.138. The predicted octanol–water partition coefficient (Wildman–Crippen LogP) is 5.42. The normalized spacial score (nSPS) is 25.5. The summed E-state index contributed by atoms with van der Waals surface area (Å²) in [6.07, 6.45) is 1.34. The number of phenols is 4. The average molecular weight is 657 g/mol. The largest absolute Gasteiger partial charge is 0.507 e. The number of nitrogens with one attached hydrogen (secondary N) is 1. The summed E-state index contributed by atoms with van der Waals surface area (Å²) < 4.78 is 17.2. The molecule has 6 unspecified atom stereocenters. The molecule has 11 nitrogen and oxygen atoms in total. The monoisotopic (exact) mass is 656 g/mol. The Labute approximate surface area is 277 Å². The Morgan fingerprint density at radius 3 is 2.54 bits per heavy atom. The van der Waals surface area contributed by atoms with Gasteiger partial charge in [-0.15, -0.1) is 0 Å². The number of carbonyl (C=O) groups is 1. The Morgan fingerprint density at radius 2 is 1.81 bits per heavy atom. The first-order valence-electron chi connectivity index (χ1n) is 16.3. The van der Waals surface area contributed by atoms with Crippen molar-refractivity contribution in [3.8, 4) is 28.7 Å². The number of fused-ring (bicyclic) bond motifs is 6. The lowest BCUT2D eigenvalue weighted by Gasteiger charge is -2.52. The lowest BCUT2D eigenvalue weighted by Crippen LogP contribution is -2.49. The summed E-state index contributed by atoms with van der Waals surface area (Å²) in [4.78, 5) is 19.3. The fraction of sp³-hybridized carbons (Fsp3) is 0.378. The number of carbonyl (C=O) groups excluding carboxylic acids is 1. The fourth-order valence-corrected chi connectivity index (χ4v) is 8.42. The maximum atomic E-state index is 13.3. The summed E-state index contributed by atoms with van der Waals surface area (Å²) in [5, 5.41) is 55.4. The minimum atomic E-state index is -1.10. The molecule has 11 heteroatoms. The van der Waals surface area contributed by atoms with Crippen LogP contribution < -0.4 is 4.74 Å². The molecule has 7 rings (SSSR count). The topological polar surface area (TPSA) is 165 Å². The van der Waals surface area contributed by atoms with Crippen molar-refractivity contribution >= 4 is 16.9 Å². The molecule has 1 saturated heterocycles. The van der Waals surface area contributed by atoms with E-state index in [1.54, 1.807) is 6.07 Å². The van der Waals surface area contributed by atoms with Gasteiger partial charge in [0.25, 0.3) is 0 Å². The second-order valence-electron chi connectivity index (χ2n) is 12.9. The van der Waals surface area contributed by atoms with Gasteiger partial charge in [0.1, 0.15) is 23.4 Å². The van der Waals surface area contributed by atoms with Crippen LogP contribution in [-0.2, 0) is 27.1 Å². The lowest BCUT2D eigenvalue weighted by atomic mass is 9.67. The van der Waals surface area contributed by atoms with Crippen molar-refractivity contribution in [3.05, 3.63) is 88.3 Å². The molecule has 1 aromatic heterocycles. The van der Waals surface area contributed by atoms with Crippen LogP contribution >= 0.6 is 0 Å². The van der Waals surface area contributed by atoms with Crippen LogP contribution in [0.5, 0.6) is 28.7 Å². The van der Waals surface area contributed by atoms with Crippen LogP contribution in [0.1, 0.15) is 65.9 Å². The van der Waals surface area contributed by atoms with Crippen molar-refractivity contribution in [1.29, 1.82) is 0 Å². The number of aromatic amines is 1. The number of ether oxygens (including phenoxy) is 3. The van der Waals surface area contributed by atoms with Crippen LogP contribution in [0.3, 0.4) is 0 Å². The molecule has 0 radical (unpaired) electrons. The molecule has 0 aliphatic carbocycles. The molecule has 0 bridgehead atoms. The maximum absolute atomic E-state index is 13.3. The highest BCUT2D eigenvalue weighted by molar-refractivity contribution is 5.89. The molecule has 3 aliphatic rings. The van der Waals surface area contributed by atoms with E-state index in [4.69, 9.17) is 14.2 Å². The molecular weight excluding hydrogens is 616 g/mol. The molecular formula is C37H40N2O9. The van der Waals surface area contributed by atoms with E-state index in [1.807, 2.05) is 19.1 Å². The van der Waals surface area contributed by atoms with Gasteiger partial charge in [-0.3, -0.25) is 4.90 Å². The number of methoxy groups -OCH3 is 2. The summed E-state index contributed by atoms with van der Waals surface area (Å²) in [7, 11) is 2.84. The summed E-state index contributed by atoms with van der Waals surface area (Å²) in [5.41, 5.74) is 4.91. The summed E-state index contributed by atoms with van der Waals surface area (Å²) >= 11 is 0. The molecule has 0 amide bonds. The van der Waals surface area contributed by atoms with Crippen LogP contribution in [-0.4, -0.2) is 68.3 Å². The Morgan fingerprint density at radius 1 is 1.02 bits per heavy atom. The Hall–Kier alpha value is -4.87. The Bertz CT molecular complexity index is 1920. The van der Waals surface area contributed by atoms with Crippen molar-refractivity contribution in [1.82, 2.24) is 9.88 Å². The molecule has 6 N–H and O–H groups in total. The van der Waals surface area contributed by atoms with Crippen molar-refractivity contribution in [2.45, 2.75) is 56.9 Å². The second-order valence-corrected chi connectivity index (χ2v) is 12.9. The molecule has 1 fully saturated rings. The third-order valence-corrected chi connectivity index (χ3v) is 10.5. The molecule has 4 aromatic rings. The third-order valence-electron chi connectivity index (χ3n) is 10.5. The van der Waals surface area contributed by atoms with Crippen LogP contribution in [0.2, 0.25) is 0 Å². The number of esters is 1. The van der Waals surface area contributed by atoms with E-state index in [2.05, 4.69) is 22.0 Å². The van der Waals surface area contributed by atoms with Crippen LogP contribution in [0.15, 0.2) is 60.4 Å². The highest BCUT2D eigenvalue weighted by Crippen LogP contribution is 2.59. The van der Waals surface area contributed by atoms with Gasteiger partial charge in [0.15, 0.2) is 11.5 Å². The molecule has 48 heavy (non-hydrogen) atoms. The van der Waals surface area contributed by atoms with E-state index in [0.29, 0.717) is 41.6 Å². The molecule has 0 saturated carbocycles. The summed E-state index contributed by atoms with van der Waals surface area (Å²) in [6.45, 7) is 2.70. The number of hydrogen-bond acceptors (Lipinski definition) is 10. The van der Waals surface area contributed by atoms with Crippen molar-refractivity contribution in [2.75, 3.05) is 20.8 Å². The molecule has 3 aromatic carbocycles. The van der Waals surface area contributed by atoms with E-state index in [9.17, 15) is 30.3 Å². The number of hydrogen-bond donors (Lipinski definition) is 6. The number of aromatic hydroxyl groups is 4. The molecule has 4 heterocycles. The van der Waals surface area contributed by atoms with Gasteiger partial charge in [0.2, 0.25) is 0 Å². The quantitative estimate of drug-likeness (QED) is 0.0684.